The average molecular weight is 307 g/mol. The van der Waals surface area contributed by atoms with Crippen LogP contribution in [0.4, 0.5) is 0 Å². The molecule has 7 nitrogen and oxygen atoms in total. The summed E-state index contributed by atoms with van der Waals surface area (Å²) in [7, 11) is 1.51. The molecule has 110 valence electrons. The first-order valence-electron chi connectivity index (χ1n) is 6.23. The highest BCUT2D eigenvalue weighted by molar-refractivity contribution is 7.13. The summed E-state index contributed by atoms with van der Waals surface area (Å²) in [6, 6.07) is 3.86. The van der Waals surface area contributed by atoms with Crippen molar-refractivity contribution in [3.05, 3.63) is 45.4 Å². The molecule has 0 amide bonds. The Labute approximate surface area is 123 Å². The Hall–Kier alpha value is -2.19. The van der Waals surface area contributed by atoms with Crippen molar-refractivity contribution in [3.8, 4) is 10.8 Å². The number of thiophene rings is 1. The molecule has 0 spiro atoms. The summed E-state index contributed by atoms with van der Waals surface area (Å²) >= 11 is 1.54. The molecular weight excluding hydrogens is 294 g/mol. The van der Waals surface area contributed by atoms with Crippen LogP contribution in [-0.2, 0) is 17.9 Å². The van der Waals surface area contributed by atoms with Gasteiger partial charge in [-0.25, -0.2) is 9.78 Å². The molecule has 3 heterocycles. The van der Waals surface area contributed by atoms with Gasteiger partial charge in [-0.05, 0) is 18.4 Å². The average Bonchev–Trinajstić information content (AvgIpc) is 3.14. The van der Waals surface area contributed by atoms with Gasteiger partial charge in [0.15, 0.2) is 0 Å². The summed E-state index contributed by atoms with van der Waals surface area (Å²) in [5.41, 5.74) is 0.651. The fourth-order valence-corrected chi connectivity index (χ4v) is 2.50. The van der Waals surface area contributed by atoms with Gasteiger partial charge >= 0.3 is 5.76 Å². The van der Waals surface area contributed by atoms with Crippen LogP contribution in [0.5, 0.6) is 0 Å². The zero-order chi connectivity index (χ0) is 14.8. The Balaban J connectivity index is 1.87. The van der Waals surface area contributed by atoms with E-state index < -0.39 is 5.76 Å². The van der Waals surface area contributed by atoms with Crippen LogP contribution in [0.3, 0.4) is 0 Å². The Morgan fingerprint density at radius 3 is 3.00 bits per heavy atom. The van der Waals surface area contributed by atoms with Crippen LogP contribution in [0.1, 0.15) is 17.3 Å². The standard InChI is InChI=1S/C13H13N3O4S/c1-8-9(14-12(19-8)10-4-3-5-21-10)6-16-13(17)20-11(15-16)7-18-2/h3-5H,6-7H2,1-2H3. The summed E-state index contributed by atoms with van der Waals surface area (Å²) in [5, 5.41) is 5.99. The molecule has 0 saturated carbocycles. The monoisotopic (exact) mass is 307 g/mol. The van der Waals surface area contributed by atoms with Crippen LogP contribution >= 0.6 is 11.3 Å². The number of aryl methyl sites for hydroxylation is 1. The molecule has 0 saturated heterocycles. The lowest BCUT2D eigenvalue weighted by atomic mass is 10.4. The van der Waals surface area contributed by atoms with E-state index in [1.165, 1.54) is 11.8 Å². The highest BCUT2D eigenvalue weighted by Gasteiger charge is 2.15. The molecule has 0 bridgehead atoms. The minimum absolute atomic E-state index is 0.153. The summed E-state index contributed by atoms with van der Waals surface area (Å²) in [6.07, 6.45) is 0. The topological polar surface area (TPSA) is 83.3 Å². The lowest BCUT2D eigenvalue weighted by molar-refractivity contribution is 0.158. The van der Waals surface area contributed by atoms with Crippen LogP contribution < -0.4 is 5.76 Å². The molecule has 0 radical (unpaired) electrons. The molecule has 3 aromatic rings. The van der Waals surface area contributed by atoms with Gasteiger partial charge in [0.05, 0.1) is 11.4 Å². The molecular formula is C13H13N3O4S. The second-order valence-electron chi connectivity index (χ2n) is 4.35. The van der Waals surface area contributed by atoms with E-state index in [1.54, 1.807) is 18.3 Å². The normalized spacial score (nSPS) is 11.1. The highest BCUT2D eigenvalue weighted by atomic mass is 32.1. The molecule has 0 atom stereocenters. The molecule has 21 heavy (non-hydrogen) atoms. The maximum Gasteiger partial charge on any atom is 0.437 e. The van der Waals surface area contributed by atoms with Gasteiger partial charge in [0.25, 0.3) is 0 Å². The first-order valence-corrected chi connectivity index (χ1v) is 7.11. The predicted octanol–water partition coefficient (Wildman–Crippen LogP) is 2.06. The number of nitrogens with zero attached hydrogens (tertiary/aromatic N) is 3. The second-order valence-corrected chi connectivity index (χ2v) is 5.30. The molecule has 0 N–H and O–H groups in total. The first-order chi connectivity index (χ1) is 10.2. The van der Waals surface area contributed by atoms with Gasteiger partial charge in [0.1, 0.15) is 18.1 Å². The van der Waals surface area contributed by atoms with E-state index in [4.69, 9.17) is 13.6 Å². The third-order valence-corrected chi connectivity index (χ3v) is 3.70. The quantitative estimate of drug-likeness (QED) is 0.717. The van der Waals surface area contributed by atoms with Crippen LogP contribution in [0, 0.1) is 6.92 Å². The lowest BCUT2D eigenvalue weighted by Crippen LogP contribution is -2.17. The Bertz CT molecular complexity index is 785. The van der Waals surface area contributed by atoms with Gasteiger partial charge in [-0.3, -0.25) is 0 Å². The van der Waals surface area contributed by atoms with Crippen LogP contribution in [0.15, 0.2) is 31.1 Å². The van der Waals surface area contributed by atoms with E-state index in [2.05, 4.69) is 10.1 Å². The van der Waals surface area contributed by atoms with E-state index in [1.807, 2.05) is 17.5 Å². The van der Waals surface area contributed by atoms with Crippen LogP contribution in [0.2, 0.25) is 0 Å². The first kappa shape index (κ1) is 13.8. The van der Waals surface area contributed by atoms with Gasteiger partial charge < -0.3 is 13.6 Å². The number of rotatable bonds is 5. The van der Waals surface area contributed by atoms with Gasteiger partial charge in [-0.2, -0.15) is 4.68 Å². The molecule has 0 aliphatic heterocycles. The summed E-state index contributed by atoms with van der Waals surface area (Å²) in [5.74, 6) is 0.900. The molecule has 0 aliphatic carbocycles. The molecule has 3 aromatic heterocycles. The van der Waals surface area contributed by atoms with Gasteiger partial charge in [-0.15, -0.1) is 16.4 Å². The van der Waals surface area contributed by atoms with Crippen LogP contribution in [0.25, 0.3) is 10.8 Å². The number of ether oxygens (including phenoxy) is 1. The minimum atomic E-state index is -0.540. The van der Waals surface area contributed by atoms with Crippen molar-refractivity contribution in [2.24, 2.45) is 0 Å². The number of aromatic nitrogens is 3. The number of methoxy groups -OCH3 is 1. The van der Waals surface area contributed by atoms with E-state index in [0.29, 0.717) is 17.3 Å². The number of hydrogen-bond donors (Lipinski definition) is 0. The van der Waals surface area contributed by atoms with Gasteiger partial charge in [-0.1, -0.05) is 6.07 Å². The predicted molar refractivity (Wildman–Crippen MR) is 75.1 cm³/mol. The van der Waals surface area contributed by atoms with E-state index in [0.717, 1.165) is 4.88 Å². The zero-order valence-electron chi connectivity index (χ0n) is 11.5. The molecule has 0 fully saturated rings. The SMILES string of the molecule is COCc1nn(Cc2nc(-c3cccs3)oc2C)c(=O)o1. The van der Waals surface area contributed by atoms with E-state index in [9.17, 15) is 4.79 Å². The third-order valence-electron chi connectivity index (χ3n) is 2.84. The lowest BCUT2D eigenvalue weighted by Gasteiger charge is -1.94. The summed E-state index contributed by atoms with van der Waals surface area (Å²) in [6.45, 7) is 2.16. The van der Waals surface area contributed by atoms with Crippen molar-refractivity contribution in [1.82, 2.24) is 14.8 Å². The Kier molecular flexibility index (Phi) is 3.72. The van der Waals surface area contributed by atoms with Crippen LogP contribution in [-0.4, -0.2) is 21.9 Å². The largest absolute Gasteiger partial charge is 0.440 e. The van der Waals surface area contributed by atoms with E-state index >= 15 is 0 Å². The maximum absolute atomic E-state index is 11.7. The van der Waals surface area contributed by atoms with E-state index in [-0.39, 0.29) is 19.0 Å². The zero-order valence-corrected chi connectivity index (χ0v) is 12.3. The van der Waals surface area contributed by atoms with Crippen molar-refractivity contribution >= 4 is 11.3 Å². The molecule has 8 heteroatoms. The summed E-state index contributed by atoms with van der Waals surface area (Å²) in [4.78, 5) is 17.0. The number of oxazole rings is 1. The maximum atomic E-state index is 11.7. The summed E-state index contributed by atoms with van der Waals surface area (Å²) < 4.78 is 16.7. The van der Waals surface area contributed by atoms with Gasteiger partial charge in [0, 0.05) is 7.11 Å². The molecule has 0 unspecified atom stereocenters. The highest BCUT2D eigenvalue weighted by Crippen LogP contribution is 2.25. The fraction of sp³-hybridized carbons (Fsp3) is 0.308. The second kappa shape index (κ2) is 5.66. The minimum Gasteiger partial charge on any atom is -0.440 e. The Morgan fingerprint density at radius 1 is 1.43 bits per heavy atom. The van der Waals surface area contributed by atoms with Crippen molar-refractivity contribution in [2.45, 2.75) is 20.1 Å². The number of hydrogen-bond acceptors (Lipinski definition) is 7. The smallest absolute Gasteiger partial charge is 0.437 e. The molecule has 3 rings (SSSR count). The van der Waals surface area contributed by atoms with Gasteiger partial charge in [0.2, 0.25) is 11.8 Å². The molecule has 0 aromatic carbocycles. The third kappa shape index (κ3) is 2.81. The Morgan fingerprint density at radius 2 is 2.29 bits per heavy atom. The van der Waals surface area contributed by atoms with Crippen molar-refractivity contribution in [2.75, 3.05) is 7.11 Å². The van der Waals surface area contributed by atoms with Crippen molar-refractivity contribution < 1.29 is 13.6 Å². The fourth-order valence-electron chi connectivity index (χ4n) is 1.85. The van der Waals surface area contributed by atoms with Crippen molar-refractivity contribution in [3.63, 3.8) is 0 Å². The van der Waals surface area contributed by atoms with Crippen molar-refractivity contribution in [1.29, 1.82) is 0 Å². The molecule has 0 aliphatic rings.